The van der Waals surface area contributed by atoms with Gasteiger partial charge in [0.1, 0.15) is 5.88 Å². The van der Waals surface area contributed by atoms with Crippen LogP contribution in [0.5, 0.6) is 0 Å². The van der Waals surface area contributed by atoms with Gasteiger partial charge in [0, 0.05) is 19.1 Å². The number of hydrogen-bond acceptors (Lipinski definition) is 5. The van der Waals surface area contributed by atoms with Crippen molar-refractivity contribution < 1.29 is 22.7 Å². The fraction of sp³-hybridized carbons (Fsp3) is 0.467. The van der Waals surface area contributed by atoms with Gasteiger partial charge in [0.25, 0.3) is 0 Å². The molecule has 1 unspecified atom stereocenters. The Morgan fingerprint density at radius 3 is 2.18 bits per heavy atom. The third-order valence-corrected chi connectivity index (χ3v) is 4.60. The van der Waals surface area contributed by atoms with Crippen LogP contribution >= 0.6 is 11.6 Å². The van der Waals surface area contributed by atoms with E-state index < -0.39 is 21.4 Å². The Kier molecular flexibility index (Phi) is 6.14. The largest absolute Gasteiger partial charge is 0.450 e. The molecule has 0 aliphatic heterocycles. The van der Waals surface area contributed by atoms with Crippen LogP contribution in [0.2, 0.25) is 0 Å². The summed E-state index contributed by atoms with van der Waals surface area (Å²) in [5.41, 5.74) is -0.619. The van der Waals surface area contributed by atoms with Crippen LogP contribution in [-0.2, 0) is 30.6 Å². The molecular formula is C15H19ClO5S. The molecule has 0 aliphatic carbocycles. The smallest absolute Gasteiger partial charge is 0.321 e. The lowest BCUT2D eigenvalue weighted by Gasteiger charge is -2.27. The van der Waals surface area contributed by atoms with E-state index in [0.29, 0.717) is 5.56 Å². The average Bonchev–Trinajstić information content (AvgIpc) is 2.45. The van der Waals surface area contributed by atoms with Gasteiger partial charge in [0.2, 0.25) is 0 Å². The number of ether oxygens (including phenoxy) is 1. The summed E-state index contributed by atoms with van der Waals surface area (Å²) in [6, 6.07) is 6.13. The zero-order valence-electron chi connectivity index (χ0n) is 12.8. The number of carbonyl (C=O) groups excluding carboxylic acids is 2. The van der Waals surface area contributed by atoms with Gasteiger partial charge in [0.15, 0.2) is 21.2 Å². The molecule has 1 aromatic rings. The van der Waals surface area contributed by atoms with Gasteiger partial charge in [-0.1, -0.05) is 19.1 Å². The maximum Gasteiger partial charge on any atom is 0.321 e. The molecule has 1 atom stereocenters. The fourth-order valence-corrected chi connectivity index (χ4v) is 2.77. The first-order chi connectivity index (χ1) is 10.1. The van der Waals surface area contributed by atoms with E-state index in [1.807, 2.05) is 0 Å². The number of halogens is 1. The first-order valence-electron chi connectivity index (χ1n) is 6.72. The highest BCUT2D eigenvalue weighted by atomic mass is 35.5. The highest BCUT2D eigenvalue weighted by Crippen LogP contribution is 2.22. The Morgan fingerprint density at radius 2 is 1.77 bits per heavy atom. The molecule has 0 amide bonds. The number of Topliss-reactive ketones (excluding diaryl/α,β-unsaturated/α-hetero) is 1. The number of alkyl halides is 1. The van der Waals surface area contributed by atoms with E-state index in [9.17, 15) is 18.0 Å². The third kappa shape index (κ3) is 4.81. The van der Waals surface area contributed by atoms with Gasteiger partial charge in [-0.15, -0.1) is 11.6 Å². The second kappa shape index (κ2) is 7.24. The highest BCUT2D eigenvalue weighted by molar-refractivity contribution is 7.90. The van der Waals surface area contributed by atoms with E-state index in [0.717, 1.165) is 6.26 Å². The summed E-state index contributed by atoms with van der Waals surface area (Å²) in [6.45, 7) is 3.22. The molecule has 0 N–H and O–H groups in total. The first-order valence-corrected chi connectivity index (χ1v) is 9.15. The summed E-state index contributed by atoms with van der Waals surface area (Å²) in [5.74, 6) is -1.23. The van der Waals surface area contributed by atoms with Crippen molar-refractivity contribution in [3.63, 3.8) is 0 Å². The summed E-state index contributed by atoms with van der Waals surface area (Å²) in [7, 11) is -3.28. The second-order valence-corrected chi connectivity index (χ2v) is 7.49. The van der Waals surface area contributed by atoms with E-state index in [-0.39, 0.29) is 29.4 Å². The van der Waals surface area contributed by atoms with Gasteiger partial charge in [-0.05, 0) is 24.6 Å². The van der Waals surface area contributed by atoms with Crippen LogP contribution in [0.1, 0.15) is 25.8 Å². The number of sulfone groups is 1. The molecule has 0 saturated carbocycles. The molecule has 1 rings (SSSR count). The van der Waals surface area contributed by atoms with Gasteiger partial charge >= 0.3 is 5.97 Å². The summed E-state index contributed by atoms with van der Waals surface area (Å²) in [6.07, 6.45) is 1.49. The van der Waals surface area contributed by atoms with Crippen molar-refractivity contribution >= 4 is 33.2 Å². The molecule has 0 aliphatic rings. The predicted octanol–water partition coefficient (Wildman–Crippen LogP) is 2.15. The second-order valence-electron chi connectivity index (χ2n) is 5.21. The van der Waals surface area contributed by atoms with Gasteiger partial charge in [0.05, 0.1) is 4.90 Å². The first kappa shape index (κ1) is 18.6. The molecule has 0 radical (unpaired) electrons. The molecule has 0 aromatic heterocycles. The van der Waals surface area contributed by atoms with Crippen molar-refractivity contribution in [2.75, 3.05) is 12.1 Å². The number of carbonyl (C=O) groups is 2. The Labute approximate surface area is 135 Å². The number of esters is 1. The summed E-state index contributed by atoms with van der Waals surface area (Å²) < 4.78 is 28.1. The quantitative estimate of drug-likeness (QED) is 0.558. The Bertz CT molecular complexity index is 651. The lowest BCUT2D eigenvalue weighted by atomic mass is 9.90. The number of rotatable bonds is 7. The number of benzene rings is 1. The monoisotopic (exact) mass is 346 g/mol. The molecule has 0 spiro atoms. The van der Waals surface area contributed by atoms with Crippen LogP contribution in [0.4, 0.5) is 0 Å². The van der Waals surface area contributed by atoms with Crippen molar-refractivity contribution in [3.8, 4) is 0 Å². The number of ketones is 1. The molecular weight excluding hydrogens is 328 g/mol. The van der Waals surface area contributed by atoms with E-state index in [1.165, 1.54) is 19.1 Å². The van der Waals surface area contributed by atoms with Gasteiger partial charge < -0.3 is 4.74 Å². The summed E-state index contributed by atoms with van der Waals surface area (Å²) in [5, 5.41) is 0. The van der Waals surface area contributed by atoms with Crippen LogP contribution in [0.3, 0.4) is 0 Å². The van der Waals surface area contributed by atoms with Crippen LogP contribution in [0, 0.1) is 0 Å². The van der Waals surface area contributed by atoms with E-state index in [2.05, 4.69) is 0 Å². The van der Waals surface area contributed by atoms with Crippen LogP contribution in [0.25, 0.3) is 0 Å². The Hall–Kier alpha value is -1.40. The zero-order chi connectivity index (χ0) is 17.0. The fourth-order valence-electron chi connectivity index (χ4n) is 2.09. The van der Waals surface area contributed by atoms with Crippen LogP contribution in [-0.4, -0.2) is 37.9 Å². The average molecular weight is 347 g/mol. The van der Waals surface area contributed by atoms with E-state index in [1.54, 1.807) is 19.1 Å². The summed E-state index contributed by atoms with van der Waals surface area (Å²) >= 11 is 5.43. The van der Waals surface area contributed by atoms with Gasteiger partial charge in [-0.3, -0.25) is 9.59 Å². The molecule has 5 nitrogen and oxygen atoms in total. The summed E-state index contributed by atoms with van der Waals surface area (Å²) in [4.78, 5) is 23.7. The molecule has 0 heterocycles. The minimum Gasteiger partial charge on any atom is -0.450 e. The normalized spacial score (nSPS) is 14.2. The van der Waals surface area contributed by atoms with Crippen molar-refractivity contribution in [3.05, 3.63) is 29.8 Å². The maximum absolute atomic E-state index is 12.1. The van der Waals surface area contributed by atoms with Crippen molar-refractivity contribution in [1.29, 1.82) is 0 Å². The Balaban J connectivity index is 3.04. The maximum atomic E-state index is 12.1. The number of hydrogen-bond donors (Lipinski definition) is 0. The van der Waals surface area contributed by atoms with E-state index >= 15 is 0 Å². The van der Waals surface area contributed by atoms with E-state index in [4.69, 9.17) is 16.3 Å². The van der Waals surface area contributed by atoms with Crippen molar-refractivity contribution in [2.24, 2.45) is 0 Å². The zero-order valence-corrected chi connectivity index (χ0v) is 14.3. The minimum atomic E-state index is -3.28. The lowest BCUT2D eigenvalue weighted by molar-refractivity contribution is -0.163. The minimum absolute atomic E-state index is 0.159. The molecule has 122 valence electrons. The SMILES string of the molecule is CCC(=O)C(C)(Cc1ccc(S(C)(=O)=O)cc1)OC(=O)CCl. The van der Waals surface area contributed by atoms with Crippen LogP contribution in [0.15, 0.2) is 29.2 Å². The molecule has 0 bridgehead atoms. The third-order valence-electron chi connectivity index (χ3n) is 3.25. The molecule has 0 fully saturated rings. The predicted molar refractivity (Wildman–Crippen MR) is 83.8 cm³/mol. The van der Waals surface area contributed by atoms with Crippen molar-refractivity contribution in [1.82, 2.24) is 0 Å². The Morgan fingerprint density at radius 1 is 1.23 bits per heavy atom. The highest BCUT2D eigenvalue weighted by Gasteiger charge is 2.36. The molecule has 1 aromatic carbocycles. The molecule has 7 heteroatoms. The topological polar surface area (TPSA) is 77.5 Å². The standard InChI is InChI=1S/C15H19ClO5S/c1-4-13(17)15(2,21-14(18)10-16)9-11-5-7-12(8-6-11)22(3,19)20/h5-8H,4,9-10H2,1-3H3. The molecule has 22 heavy (non-hydrogen) atoms. The van der Waals surface area contributed by atoms with Gasteiger partial charge in [-0.25, -0.2) is 8.42 Å². The molecule has 0 saturated heterocycles. The van der Waals surface area contributed by atoms with Crippen molar-refractivity contribution in [2.45, 2.75) is 37.2 Å². The van der Waals surface area contributed by atoms with Gasteiger partial charge in [-0.2, -0.15) is 0 Å². The van der Waals surface area contributed by atoms with Crippen LogP contribution < -0.4 is 0 Å². The lowest BCUT2D eigenvalue weighted by Crippen LogP contribution is -2.42.